The number of esters is 1. The van der Waals surface area contributed by atoms with E-state index in [1.54, 1.807) is 6.92 Å². The van der Waals surface area contributed by atoms with Gasteiger partial charge in [-0.05, 0) is 0 Å². The van der Waals surface area contributed by atoms with Gasteiger partial charge in [-0.2, -0.15) is 0 Å². The number of carbonyl (C=O) groups is 1. The highest BCUT2D eigenvalue weighted by Crippen LogP contribution is 2.12. The topological polar surface area (TPSA) is 77.7 Å². The molecule has 0 amide bonds. The number of carbonyl (C=O) groups excluding carboxylic acids is 1. The Bertz CT molecular complexity index is 407. The van der Waals surface area contributed by atoms with Crippen molar-refractivity contribution in [3.63, 3.8) is 0 Å². The first kappa shape index (κ1) is 13.0. The largest absolute Gasteiger partial charge is 0.469 e. The summed E-state index contributed by atoms with van der Waals surface area (Å²) < 4.78 is 15.5. The summed E-state index contributed by atoms with van der Waals surface area (Å²) in [4.78, 5) is 13.3. The van der Waals surface area contributed by atoms with Crippen LogP contribution in [0.1, 0.15) is 18.2 Å². The van der Waals surface area contributed by atoms with Crippen molar-refractivity contribution in [2.75, 3.05) is 26.8 Å². The van der Waals surface area contributed by atoms with Gasteiger partial charge in [0.05, 0.1) is 32.8 Å². The maximum atomic E-state index is 11.2. The van der Waals surface area contributed by atoms with Crippen LogP contribution in [0.5, 0.6) is 0 Å². The molecule has 0 aromatic carbocycles. The molecule has 1 aromatic heterocycles. The van der Waals surface area contributed by atoms with Crippen LogP contribution in [0.15, 0.2) is 4.42 Å². The predicted molar refractivity (Wildman–Crippen MR) is 60.7 cm³/mol. The fraction of sp³-hybridized carbons (Fsp3) is 0.727. The summed E-state index contributed by atoms with van der Waals surface area (Å²) in [6.45, 7) is 4.39. The number of hydrogen-bond donors (Lipinski definition) is 0. The van der Waals surface area contributed by atoms with Gasteiger partial charge in [0.25, 0.3) is 0 Å². The lowest BCUT2D eigenvalue weighted by Crippen LogP contribution is -2.42. The maximum Gasteiger partial charge on any atom is 0.308 e. The Hall–Kier alpha value is -1.47. The minimum absolute atomic E-state index is 0.129. The van der Waals surface area contributed by atoms with E-state index in [2.05, 4.69) is 19.8 Å². The highest BCUT2D eigenvalue weighted by molar-refractivity contribution is 5.69. The van der Waals surface area contributed by atoms with E-state index in [0.29, 0.717) is 31.5 Å². The van der Waals surface area contributed by atoms with Gasteiger partial charge in [0, 0.05) is 20.0 Å². The quantitative estimate of drug-likeness (QED) is 0.708. The highest BCUT2D eigenvalue weighted by Gasteiger charge is 2.24. The molecular weight excluding hydrogens is 238 g/mol. The van der Waals surface area contributed by atoms with E-state index in [0.717, 1.165) is 6.54 Å². The Morgan fingerprint density at radius 2 is 2.39 bits per heavy atom. The van der Waals surface area contributed by atoms with E-state index in [-0.39, 0.29) is 18.5 Å². The average molecular weight is 255 g/mol. The first-order valence-electron chi connectivity index (χ1n) is 5.87. The van der Waals surface area contributed by atoms with Crippen molar-refractivity contribution < 1.29 is 18.7 Å². The summed E-state index contributed by atoms with van der Waals surface area (Å²) >= 11 is 0. The molecule has 1 aliphatic rings. The molecule has 100 valence electrons. The molecule has 0 N–H and O–H groups in total. The number of ether oxygens (including phenoxy) is 2. The van der Waals surface area contributed by atoms with Gasteiger partial charge in [-0.3, -0.25) is 9.69 Å². The second-order valence-corrected chi connectivity index (χ2v) is 4.22. The molecule has 0 bridgehead atoms. The van der Waals surface area contributed by atoms with E-state index in [9.17, 15) is 4.79 Å². The summed E-state index contributed by atoms with van der Waals surface area (Å²) in [5.74, 6) is 0.895. The number of hydrogen-bond acceptors (Lipinski definition) is 7. The molecular formula is C11H17N3O4. The van der Waals surface area contributed by atoms with Gasteiger partial charge in [0.2, 0.25) is 11.8 Å². The minimum atomic E-state index is -0.254. The van der Waals surface area contributed by atoms with Crippen LogP contribution in [0.3, 0.4) is 0 Å². The van der Waals surface area contributed by atoms with Crippen LogP contribution in [0.2, 0.25) is 0 Å². The highest BCUT2D eigenvalue weighted by atomic mass is 16.5. The van der Waals surface area contributed by atoms with Gasteiger partial charge in [-0.1, -0.05) is 0 Å². The Morgan fingerprint density at radius 1 is 1.56 bits per heavy atom. The third-order valence-corrected chi connectivity index (χ3v) is 2.77. The van der Waals surface area contributed by atoms with E-state index >= 15 is 0 Å². The van der Waals surface area contributed by atoms with Crippen molar-refractivity contribution in [1.82, 2.24) is 15.1 Å². The first-order valence-corrected chi connectivity index (χ1v) is 5.87. The molecule has 0 spiro atoms. The minimum Gasteiger partial charge on any atom is -0.469 e. The number of aromatic nitrogens is 2. The smallest absolute Gasteiger partial charge is 0.308 e. The molecule has 1 atom stereocenters. The van der Waals surface area contributed by atoms with Crippen molar-refractivity contribution in [3.05, 3.63) is 11.8 Å². The van der Waals surface area contributed by atoms with Gasteiger partial charge in [-0.25, -0.2) is 0 Å². The lowest BCUT2D eigenvalue weighted by atomic mass is 10.2. The summed E-state index contributed by atoms with van der Waals surface area (Å²) in [5.41, 5.74) is 0. The van der Waals surface area contributed by atoms with Crippen LogP contribution in [-0.4, -0.2) is 54.0 Å². The average Bonchev–Trinajstić information content (AvgIpc) is 2.75. The van der Waals surface area contributed by atoms with Crippen LogP contribution in [0, 0.1) is 6.92 Å². The maximum absolute atomic E-state index is 11.2. The van der Waals surface area contributed by atoms with Gasteiger partial charge in [0.15, 0.2) is 0 Å². The van der Waals surface area contributed by atoms with Crippen molar-refractivity contribution in [2.24, 2.45) is 0 Å². The molecule has 0 aliphatic carbocycles. The van der Waals surface area contributed by atoms with Gasteiger partial charge in [-0.15, -0.1) is 10.2 Å². The van der Waals surface area contributed by atoms with Crippen LogP contribution in [-0.2, 0) is 20.8 Å². The van der Waals surface area contributed by atoms with Crippen molar-refractivity contribution in [3.8, 4) is 0 Å². The zero-order valence-electron chi connectivity index (χ0n) is 10.6. The molecule has 0 radical (unpaired) electrons. The summed E-state index contributed by atoms with van der Waals surface area (Å²) in [7, 11) is 1.38. The number of rotatable bonds is 4. The zero-order chi connectivity index (χ0) is 13.0. The molecule has 7 heteroatoms. The molecule has 1 fully saturated rings. The van der Waals surface area contributed by atoms with Gasteiger partial charge in [0.1, 0.15) is 0 Å². The molecule has 1 saturated heterocycles. The van der Waals surface area contributed by atoms with Crippen molar-refractivity contribution >= 4 is 5.97 Å². The van der Waals surface area contributed by atoms with Crippen LogP contribution >= 0.6 is 0 Å². The van der Waals surface area contributed by atoms with E-state index in [1.165, 1.54) is 7.11 Å². The van der Waals surface area contributed by atoms with Crippen molar-refractivity contribution in [1.29, 1.82) is 0 Å². The molecule has 1 unspecified atom stereocenters. The van der Waals surface area contributed by atoms with Crippen molar-refractivity contribution in [2.45, 2.75) is 26.0 Å². The molecule has 0 saturated carbocycles. The zero-order valence-corrected chi connectivity index (χ0v) is 10.6. The Labute approximate surface area is 105 Å². The van der Waals surface area contributed by atoms with Gasteiger partial charge < -0.3 is 13.9 Å². The Morgan fingerprint density at radius 3 is 3.06 bits per heavy atom. The van der Waals surface area contributed by atoms with E-state index in [4.69, 9.17) is 9.15 Å². The molecule has 2 heterocycles. The second kappa shape index (κ2) is 5.92. The monoisotopic (exact) mass is 255 g/mol. The third-order valence-electron chi connectivity index (χ3n) is 2.77. The number of aryl methyl sites for hydroxylation is 1. The SMILES string of the molecule is COC(=O)CC1CN(Cc2nnc(C)o2)CCO1. The number of methoxy groups -OCH3 is 1. The lowest BCUT2D eigenvalue weighted by molar-refractivity contribution is -0.145. The third kappa shape index (κ3) is 3.51. The van der Waals surface area contributed by atoms with E-state index < -0.39 is 0 Å². The fourth-order valence-corrected chi connectivity index (χ4v) is 1.91. The standard InChI is InChI=1S/C11H17N3O4/c1-8-12-13-10(18-8)7-14-3-4-17-9(6-14)5-11(15)16-2/h9H,3-7H2,1-2H3. The van der Waals surface area contributed by atoms with Crippen LogP contribution in [0.4, 0.5) is 0 Å². The molecule has 18 heavy (non-hydrogen) atoms. The molecule has 7 nitrogen and oxygen atoms in total. The summed E-state index contributed by atoms with van der Waals surface area (Å²) in [6, 6.07) is 0. The number of nitrogens with zero attached hydrogens (tertiary/aromatic N) is 3. The lowest BCUT2D eigenvalue weighted by Gasteiger charge is -2.31. The van der Waals surface area contributed by atoms with Crippen LogP contribution in [0.25, 0.3) is 0 Å². The fourth-order valence-electron chi connectivity index (χ4n) is 1.91. The number of morpholine rings is 1. The summed E-state index contributed by atoms with van der Waals surface area (Å²) in [5, 5.41) is 7.74. The van der Waals surface area contributed by atoms with E-state index in [1.807, 2.05) is 0 Å². The Balaban J connectivity index is 1.84. The molecule has 1 aromatic rings. The normalized spacial score (nSPS) is 20.9. The molecule has 1 aliphatic heterocycles. The summed E-state index contributed by atoms with van der Waals surface area (Å²) in [6.07, 6.45) is 0.144. The van der Waals surface area contributed by atoms with Gasteiger partial charge >= 0.3 is 5.97 Å². The predicted octanol–water partition coefficient (Wildman–Crippen LogP) is 0.142. The second-order valence-electron chi connectivity index (χ2n) is 4.22. The van der Waals surface area contributed by atoms with Crippen LogP contribution < -0.4 is 0 Å². The Kier molecular flexibility index (Phi) is 4.27. The molecule has 2 rings (SSSR count). The first-order chi connectivity index (χ1) is 8.67.